The van der Waals surface area contributed by atoms with Crippen LogP contribution < -0.4 is 5.73 Å². The zero-order chi connectivity index (χ0) is 15.2. The molecule has 1 heterocycles. The predicted octanol–water partition coefficient (Wildman–Crippen LogP) is 4.39. The van der Waals surface area contributed by atoms with Gasteiger partial charge in [0.1, 0.15) is 0 Å². The second-order valence-corrected chi connectivity index (χ2v) is 7.00. The molecule has 0 saturated heterocycles. The minimum absolute atomic E-state index is 0.571. The lowest BCUT2D eigenvalue weighted by Crippen LogP contribution is -2.32. The summed E-state index contributed by atoms with van der Waals surface area (Å²) in [7, 11) is 2.23. The van der Waals surface area contributed by atoms with Gasteiger partial charge in [-0.1, -0.05) is 25.1 Å². The molecule has 2 aromatic rings. The fraction of sp³-hybridized carbons (Fsp3) is 0.444. The Labute approximate surface area is 132 Å². The van der Waals surface area contributed by atoms with Crippen LogP contribution in [0.25, 0.3) is 0 Å². The van der Waals surface area contributed by atoms with Gasteiger partial charge in [-0.25, -0.2) is 0 Å². The summed E-state index contributed by atoms with van der Waals surface area (Å²) < 4.78 is 0. The van der Waals surface area contributed by atoms with Crippen molar-refractivity contribution in [3.05, 3.63) is 52.2 Å². The number of nitrogens with two attached hydrogens (primary N) is 1. The second kappa shape index (κ2) is 7.62. The molecule has 21 heavy (non-hydrogen) atoms. The van der Waals surface area contributed by atoms with E-state index in [-0.39, 0.29) is 0 Å². The maximum absolute atomic E-state index is 5.75. The summed E-state index contributed by atoms with van der Waals surface area (Å²) in [6.45, 7) is 5.73. The summed E-state index contributed by atoms with van der Waals surface area (Å²) in [4.78, 5) is 3.94. The minimum Gasteiger partial charge on any atom is -0.399 e. The van der Waals surface area contributed by atoms with Gasteiger partial charge >= 0.3 is 0 Å². The summed E-state index contributed by atoms with van der Waals surface area (Å²) in [5, 5.41) is 2.16. The molecule has 3 heteroatoms. The molecule has 0 fully saturated rings. The Kier molecular flexibility index (Phi) is 5.83. The lowest BCUT2D eigenvalue weighted by atomic mass is 9.97. The Morgan fingerprint density at radius 1 is 1.14 bits per heavy atom. The third-order valence-electron chi connectivity index (χ3n) is 4.25. The molecular formula is C18H26N2S. The minimum atomic E-state index is 0.571. The van der Waals surface area contributed by atoms with Crippen LogP contribution in [-0.4, -0.2) is 24.5 Å². The number of rotatable bonds is 7. The van der Waals surface area contributed by atoms with E-state index >= 15 is 0 Å². The molecule has 2 N–H and O–H groups in total. The van der Waals surface area contributed by atoms with Crippen LogP contribution in [0.4, 0.5) is 5.69 Å². The number of nitrogens with zero attached hydrogens (tertiary/aromatic N) is 1. The fourth-order valence-electron chi connectivity index (χ4n) is 2.48. The van der Waals surface area contributed by atoms with Crippen molar-refractivity contribution in [1.29, 1.82) is 0 Å². The molecule has 0 aliphatic carbocycles. The van der Waals surface area contributed by atoms with Crippen LogP contribution in [0.2, 0.25) is 0 Å². The standard InChI is InChI=1S/C18H26N2S/c1-14(16-6-8-17(19)9-7-16)10-11-20(3)15(2)13-18-5-4-12-21-18/h4-9,12,14-15H,10-11,13,19H2,1-3H3. The van der Waals surface area contributed by atoms with E-state index in [0.717, 1.165) is 18.7 Å². The largest absolute Gasteiger partial charge is 0.399 e. The van der Waals surface area contributed by atoms with E-state index in [1.54, 1.807) is 0 Å². The fourth-order valence-corrected chi connectivity index (χ4v) is 3.31. The predicted molar refractivity (Wildman–Crippen MR) is 94.0 cm³/mol. The summed E-state index contributed by atoms with van der Waals surface area (Å²) in [5.41, 5.74) is 7.96. The van der Waals surface area contributed by atoms with E-state index < -0.39 is 0 Å². The number of nitrogen functional groups attached to an aromatic ring is 1. The van der Waals surface area contributed by atoms with Crippen molar-refractivity contribution in [2.45, 2.75) is 38.6 Å². The van der Waals surface area contributed by atoms with Crippen molar-refractivity contribution in [2.24, 2.45) is 0 Å². The van der Waals surface area contributed by atoms with Gasteiger partial charge in [-0.15, -0.1) is 11.3 Å². The monoisotopic (exact) mass is 302 g/mol. The third-order valence-corrected chi connectivity index (χ3v) is 5.15. The van der Waals surface area contributed by atoms with Gasteiger partial charge in [0.25, 0.3) is 0 Å². The van der Waals surface area contributed by atoms with Gasteiger partial charge in [-0.2, -0.15) is 0 Å². The molecule has 1 aromatic heterocycles. The van der Waals surface area contributed by atoms with E-state index in [9.17, 15) is 0 Å². The van der Waals surface area contributed by atoms with Gasteiger partial charge in [-0.05, 0) is 68.4 Å². The zero-order valence-corrected chi connectivity index (χ0v) is 14.1. The van der Waals surface area contributed by atoms with Gasteiger partial charge in [0.15, 0.2) is 0 Å². The molecule has 0 amide bonds. The van der Waals surface area contributed by atoms with Gasteiger partial charge in [0.05, 0.1) is 0 Å². The Hall–Kier alpha value is -1.32. The highest BCUT2D eigenvalue weighted by molar-refractivity contribution is 7.09. The maximum Gasteiger partial charge on any atom is 0.0314 e. The Morgan fingerprint density at radius 2 is 1.86 bits per heavy atom. The first-order chi connectivity index (χ1) is 10.1. The Bertz CT molecular complexity index is 519. The van der Waals surface area contributed by atoms with Crippen molar-refractivity contribution in [3.63, 3.8) is 0 Å². The average Bonchev–Trinajstić information content (AvgIpc) is 2.98. The number of hydrogen-bond acceptors (Lipinski definition) is 3. The van der Waals surface area contributed by atoms with Crippen molar-refractivity contribution < 1.29 is 0 Å². The summed E-state index contributed by atoms with van der Waals surface area (Å²) >= 11 is 1.85. The topological polar surface area (TPSA) is 29.3 Å². The smallest absolute Gasteiger partial charge is 0.0314 e. The van der Waals surface area contributed by atoms with Crippen molar-refractivity contribution in [3.8, 4) is 0 Å². The molecule has 0 saturated carbocycles. The molecular weight excluding hydrogens is 276 g/mol. The second-order valence-electron chi connectivity index (χ2n) is 5.97. The first-order valence-corrected chi connectivity index (χ1v) is 8.52. The molecule has 1 aromatic carbocycles. The van der Waals surface area contributed by atoms with Crippen LogP contribution >= 0.6 is 11.3 Å². The SMILES string of the molecule is CC(CCN(C)C(C)Cc1cccs1)c1ccc(N)cc1. The first kappa shape index (κ1) is 16.1. The molecule has 2 atom stereocenters. The molecule has 2 unspecified atom stereocenters. The van der Waals surface area contributed by atoms with Gasteiger partial charge in [0, 0.05) is 16.6 Å². The summed E-state index contributed by atoms with van der Waals surface area (Å²) in [5.74, 6) is 0.571. The highest BCUT2D eigenvalue weighted by Gasteiger charge is 2.13. The van der Waals surface area contributed by atoms with Crippen LogP contribution in [0, 0.1) is 0 Å². The molecule has 2 nitrogen and oxygen atoms in total. The Morgan fingerprint density at radius 3 is 2.48 bits per heavy atom. The van der Waals surface area contributed by atoms with Crippen molar-refractivity contribution in [1.82, 2.24) is 4.90 Å². The van der Waals surface area contributed by atoms with E-state index in [1.165, 1.54) is 16.9 Å². The molecule has 2 rings (SSSR count). The highest BCUT2D eigenvalue weighted by Crippen LogP contribution is 2.21. The van der Waals surface area contributed by atoms with Gasteiger partial charge in [-0.3, -0.25) is 0 Å². The van der Waals surface area contributed by atoms with Crippen molar-refractivity contribution >= 4 is 17.0 Å². The Balaban J connectivity index is 1.79. The van der Waals surface area contributed by atoms with E-state index in [1.807, 2.05) is 23.5 Å². The maximum atomic E-state index is 5.75. The van der Waals surface area contributed by atoms with Crippen LogP contribution in [0.15, 0.2) is 41.8 Å². The number of hydrogen-bond donors (Lipinski definition) is 1. The molecule has 0 radical (unpaired) electrons. The number of benzene rings is 1. The number of anilines is 1. The van der Waals surface area contributed by atoms with Crippen LogP contribution in [-0.2, 0) is 6.42 Å². The van der Waals surface area contributed by atoms with Gasteiger partial charge < -0.3 is 10.6 Å². The molecule has 0 aliphatic rings. The summed E-state index contributed by atoms with van der Waals surface area (Å²) in [6.07, 6.45) is 2.32. The van der Waals surface area contributed by atoms with Crippen molar-refractivity contribution in [2.75, 3.05) is 19.3 Å². The van der Waals surface area contributed by atoms with Gasteiger partial charge in [0.2, 0.25) is 0 Å². The number of likely N-dealkylation sites (N-methyl/N-ethyl adjacent to an activating group) is 1. The van der Waals surface area contributed by atoms with Crippen LogP contribution in [0.1, 0.15) is 36.6 Å². The van der Waals surface area contributed by atoms with E-state index in [2.05, 4.69) is 55.4 Å². The third kappa shape index (κ3) is 4.87. The molecule has 0 bridgehead atoms. The highest BCUT2D eigenvalue weighted by atomic mass is 32.1. The summed E-state index contributed by atoms with van der Waals surface area (Å²) in [6, 6.07) is 13.2. The lowest BCUT2D eigenvalue weighted by Gasteiger charge is -2.26. The lowest BCUT2D eigenvalue weighted by molar-refractivity contribution is 0.249. The van der Waals surface area contributed by atoms with E-state index in [4.69, 9.17) is 5.73 Å². The average molecular weight is 302 g/mol. The molecule has 0 spiro atoms. The first-order valence-electron chi connectivity index (χ1n) is 7.64. The van der Waals surface area contributed by atoms with Crippen LogP contribution in [0.5, 0.6) is 0 Å². The quantitative estimate of drug-likeness (QED) is 0.769. The van der Waals surface area contributed by atoms with E-state index in [0.29, 0.717) is 12.0 Å². The normalized spacial score (nSPS) is 14.3. The zero-order valence-electron chi connectivity index (χ0n) is 13.3. The molecule has 114 valence electrons. The molecule has 0 aliphatic heterocycles. The van der Waals surface area contributed by atoms with Crippen LogP contribution in [0.3, 0.4) is 0 Å². The number of thiophene rings is 1.